The summed E-state index contributed by atoms with van der Waals surface area (Å²) in [6.07, 6.45) is 7.86. The summed E-state index contributed by atoms with van der Waals surface area (Å²) in [7, 11) is 1.55. The Labute approximate surface area is 227 Å². The minimum atomic E-state index is -0.956. The number of aromatic nitrogens is 1. The number of carbonyl (C=O) groups excluding carboxylic acids is 1. The first kappa shape index (κ1) is 25.9. The highest BCUT2D eigenvalue weighted by Gasteiger charge is 2.35. The zero-order valence-corrected chi connectivity index (χ0v) is 22.3. The molecule has 5 rings (SSSR count). The van der Waals surface area contributed by atoms with Crippen LogP contribution in [0.5, 0.6) is 17.2 Å². The van der Waals surface area contributed by atoms with Crippen molar-refractivity contribution in [1.29, 1.82) is 0 Å². The predicted octanol–water partition coefficient (Wildman–Crippen LogP) is 6.47. The first-order valence-corrected chi connectivity index (χ1v) is 13.3. The molecule has 3 atom stereocenters. The molecule has 38 heavy (non-hydrogen) atoms. The van der Waals surface area contributed by atoms with Crippen LogP contribution < -0.4 is 14.2 Å². The Morgan fingerprint density at radius 2 is 1.92 bits per heavy atom. The van der Waals surface area contributed by atoms with Crippen molar-refractivity contribution in [2.75, 3.05) is 7.11 Å². The van der Waals surface area contributed by atoms with Crippen LogP contribution in [0.1, 0.15) is 48.7 Å². The summed E-state index contributed by atoms with van der Waals surface area (Å²) in [6.45, 7) is 2.57. The number of rotatable bonds is 9. The molecule has 3 aromatic rings. The van der Waals surface area contributed by atoms with Gasteiger partial charge in [-0.1, -0.05) is 48.9 Å². The highest BCUT2D eigenvalue weighted by Crippen LogP contribution is 2.39. The van der Waals surface area contributed by atoms with E-state index in [1.807, 2.05) is 42.0 Å². The lowest BCUT2D eigenvalue weighted by Crippen LogP contribution is -2.37. The summed E-state index contributed by atoms with van der Waals surface area (Å²) in [4.78, 5) is 13.6. The highest BCUT2D eigenvalue weighted by atomic mass is 35.5. The van der Waals surface area contributed by atoms with Crippen molar-refractivity contribution in [2.45, 2.75) is 45.4 Å². The van der Waals surface area contributed by atoms with Gasteiger partial charge in [0.1, 0.15) is 5.75 Å². The van der Waals surface area contributed by atoms with Gasteiger partial charge in [0.15, 0.2) is 28.7 Å². The lowest BCUT2D eigenvalue weighted by atomic mass is 9.92. The largest absolute Gasteiger partial charge is 0.618 e. The summed E-state index contributed by atoms with van der Waals surface area (Å²) in [5.74, 6) is 0.789. The van der Waals surface area contributed by atoms with E-state index < -0.39 is 12.2 Å². The number of ether oxygens (including phenoxy) is 3. The molecular formula is C30H31ClN2O5. The van der Waals surface area contributed by atoms with Gasteiger partial charge in [-0.15, -0.1) is 0 Å². The van der Waals surface area contributed by atoms with E-state index in [9.17, 15) is 10.0 Å². The molecule has 2 heterocycles. The fraction of sp³-hybridized carbons (Fsp3) is 0.333. The molecule has 1 aliphatic heterocycles. The van der Waals surface area contributed by atoms with Crippen LogP contribution in [0.2, 0.25) is 5.02 Å². The third-order valence-corrected chi connectivity index (χ3v) is 7.41. The van der Waals surface area contributed by atoms with Crippen molar-refractivity contribution < 1.29 is 23.7 Å². The Bertz CT molecular complexity index is 1350. The Balaban J connectivity index is 1.52. The maximum atomic E-state index is 13.6. The number of nitrogens with zero attached hydrogens (tertiary/aromatic N) is 2. The maximum absolute atomic E-state index is 13.6. The van der Waals surface area contributed by atoms with Gasteiger partial charge in [0, 0.05) is 17.1 Å². The number of hydrogen-bond donors (Lipinski definition) is 0. The molecule has 7 nitrogen and oxygen atoms in total. The summed E-state index contributed by atoms with van der Waals surface area (Å²) in [6, 6.07) is 16.1. The third kappa shape index (κ3) is 5.29. The smallest absolute Gasteiger partial charge is 0.251 e. The average molecular weight is 535 g/mol. The Morgan fingerprint density at radius 1 is 1.16 bits per heavy atom. The highest BCUT2D eigenvalue weighted by molar-refractivity contribution is 6.30. The number of hydrogen-bond acceptors (Lipinski definition) is 5. The number of Topliss-reactive ketones (excluding diaryl/α,β-unsaturated/α-hetero) is 1. The van der Waals surface area contributed by atoms with Crippen LogP contribution in [0.3, 0.4) is 0 Å². The number of halogens is 1. The van der Waals surface area contributed by atoms with Gasteiger partial charge in [-0.2, -0.15) is 4.74 Å². The predicted molar refractivity (Wildman–Crippen MR) is 146 cm³/mol. The molecule has 0 spiro atoms. The second-order valence-electron chi connectivity index (χ2n) is 9.58. The van der Waals surface area contributed by atoms with Crippen LogP contribution in [0.4, 0.5) is 0 Å². The zero-order valence-electron chi connectivity index (χ0n) is 21.5. The minimum Gasteiger partial charge on any atom is -0.618 e. The van der Waals surface area contributed by atoms with E-state index >= 15 is 0 Å². The second kappa shape index (κ2) is 11.4. The number of fused-ring (bicyclic) bond motifs is 2. The lowest BCUT2D eigenvalue weighted by molar-refractivity contribution is -0.406. The standard InChI is InChI=1S/C30H31ClN2O5/c1-3-24(28(34)20-9-5-4-6-10-20)30(37-23-15-13-22(31)14-16-23)38-27-19-32-17-21-11-7-8-12-25(21)33(35)18-26(32)29(27)36-2/h4-6,9-10,12-16,18-19,21,24,30H,3,7-8,11,17H2,1-2H3/t21-,24?,30?/m0/s1. The van der Waals surface area contributed by atoms with Crippen LogP contribution >= 0.6 is 11.6 Å². The fourth-order valence-corrected chi connectivity index (χ4v) is 5.31. The molecule has 2 aliphatic rings. The topological polar surface area (TPSA) is 75.8 Å². The van der Waals surface area contributed by atoms with E-state index in [1.54, 1.807) is 49.7 Å². The van der Waals surface area contributed by atoms with Gasteiger partial charge in [0.25, 0.3) is 6.29 Å². The van der Waals surface area contributed by atoms with Crippen LogP contribution in [0, 0.1) is 17.0 Å². The van der Waals surface area contributed by atoms with E-state index in [0.717, 1.165) is 29.7 Å². The molecule has 0 amide bonds. The molecule has 0 N–H and O–H groups in total. The Morgan fingerprint density at radius 3 is 2.63 bits per heavy atom. The number of ketones is 1. The van der Waals surface area contributed by atoms with Crippen LogP contribution in [0.25, 0.3) is 0 Å². The Hall–Kier alpha value is -3.71. The van der Waals surface area contributed by atoms with Crippen LogP contribution in [0.15, 0.2) is 72.6 Å². The number of hydroxylamine groups is 1. The Kier molecular flexibility index (Phi) is 7.74. The molecule has 0 radical (unpaired) electrons. The molecule has 0 saturated carbocycles. The maximum Gasteiger partial charge on any atom is 0.251 e. The fourth-order valence-electron chi connectivity index (χ4n) is 5.18. The van der Waals surface area contributed by atoms with Gasteiger partial charge >= 0.3 is 0 Å². The van der Waals surface area contributed by atoms with Crippen molar-refractivity contribution in [3.8, 4) is 17.2 Å². The molecule has 8 heteroatoms. The van der Waals surface area contributed by atoms with Crippen LogP contribution in [-0.4, -0.2) is 34.7 Å². The summed E-state index contributed by atoms with van der Waals surface area (Å²) in [5.41, 5.74) is 2.01. The number of allylic oxidation sites excluding steroid dienone is 2. The molecular weight excluding hydrogens is 504 g/mol. The first-order valence-electron chi connectivity index (χ1n) is 12.9. The molecule has 0 saturated heterocycles. The monoisotopic (exact) mass is 534 g/mol. The molecule has 198 valence electrons. The molecule has 0 bridgehead atoms. The van der Waals surface area contributed by atoms with Gasteiger partial charge in [-0.05, 0) is 56.0 Å². The number of benzene rings is 2. The SMILES string of the molecule is CCC(C(=O)c1ccccc1)C(Oc1ccc(Cl)cc1)Oc1cn2c(c1OC)C=[N+]([O-])C1=CCCC[C@H]1C2. The van der Waals surface area contributed by atoms with Gasteiger partial charge in [-0.3, -0.25) is 4.79 Å². The van der Waals surface area contributed by atoms with E-state index in [0.29, 0.717) is 46.5 Å². The van der Waals surface area contributed by atoms with Crippen molar-refractivity contribution >= 4 is 23.6 Å². The van der Waals surface area contributed by atoms with Gasteiger partial charge < -0.3 is 24.0 Å². The van der Waals surface area contributed by atoms with Crippen LogP contribution in [-0.2, 0) is 6.54 Å². The van der Waals surface area contributed by atoms with E-state index in [-0.39, 0.29) is 11.7 Å². The summed E-state index contributed by atoms with van der Waals surface area (Å²) in [5, 5.41) is 13.6. The van der Waals surface area contributed by atoms with Crippen molar-refractivity contribution in [3.05, 3.63) is 94.1 Å². The van der Waals surface area contributed by atoms with Gasteiger partial charge in [0.05, 0.1) is 25.1 Å². The molecule has 0 fully saturated rings. The van der Waals surface area contributed by atoms with Gasteiger partial charge in [-0.25, -0.2) is 0 Å². The molecule has 2 unspecified atom stereocenters. The summed E-state index contributed by atoms with van der Waals surface area (Å²) < 4.78 is 21.4. The van der Waals surface area contributed by atoms with Crippen molar-refractivity contribution in [1.82, 2.24) is 4.57 Å². The van der Waals surface area contributed by atoms with Gasteiger partial charge in [0.2, 0.25) is 6.21 Å². The third-order valence-electron chi connectivity index (χ3n) is 7.16. The quantitative estimate of drug-likeness (QED) is 0.136. The minimum absolute atomic E-state index is 0.0823. The van der Waals surface area contributed by atoms with Crippen molar-refractivity contribution in [3.63, 3.8) is 0 Å². The van der Waals surface area contributed by atoms with E-state index in [4.69, 9.17) is 25.8 Å². The summed E-state index contributed by atoms with van der Waals surface area (Å²) >= 11 is 6.07. The van der Waals surface area contributed by atoms with E-state index in [2.05, 4.69) is 0 Å². The van der Waals surface area contributed by atoms with Crippen molar-refractivity contribution in [2.24, 2.45) is 11.8 Å². The normalized spacial score (nSPS) is 18.1. The number of methoxy groups -OCH3 is 1. The lowest BCUT2D eigenvalue weighted by Gasteiger charge is -2.27. The number of carbonyl (C=O) groups is 1. The molecule has 1 aliphatic carbocycles. The molecule has 1 aromatic heterocycles. The molecule has 2 aromatic carbocycles. The average Bonchev–Trinajstić information content (AvgIpc) is 3.18. The first-order chi connectivity index (χ1) is 18.5. The second-order valence-corrected chi connectivity index (χ2v) is 10.0. The zero-order chi connectivity index (χ0) is 26.6. The van der Waals surface area contributed by atoms with E-state index in [1.165, 1.54) is 0 Å².